The Kier molecular flexibility index (Phi) is 3.31. The van der Waals surface area contributed by atoms with Crippen molar-refractivity contribution in [1.29, 1.82) is 0 Å². The first-order valence-electron chi connectivity index (χ1n) is 6.45. The monoisotopic (exact) mass is 316 g/mol. The Labute approximate surface area is 127 Å². The third kappa shape index (κ3) is 2.30. The largest absolute Gasteiger partial charge is 0.270 e. The van der Waals surface area contributed by atoms with Crippen LogP contribution in [-0.2, 0) is 16.6 Å². The van der Waals surface area contributed by atoms with Crippen LogP contribution in [-0.4, -0.2) is 25.1 Å². The number of benzene rings is 2. The summed E-state index contributed by atoms with van der Waals surface area (Å²) in [6.07, 6.45) is 0. The minimum atomic E-state index is -3.93. The molecule has 0 saturated carbocycles. The summed E-state index contributed by atoms with van der Waals surface area (Å²) in [6.45, 7) is -0.140. The number of carbonyl (C=O) groups excluding carboxylic acids is 2. The van der Waals surface area contributed by atoms with E-state index in [9.17, 15) is 18.0 Å². The Morgan fingerprint density at radius 2 is 1.36 bits per heavy atom. The fourth-order valence-electron chi connectivity index (χ4n) is 2.47. The zero-order valence-electron chi connectivity index (χ0n) is 11.4. The number of hydrogen-bond donors (Lipinski definition) is 1. The van der Waals surface area contributed by atoms with E-state index in [1.54, 1.807) is 30.3 Å². The second-order valence-corrected chi connectivity index (χ2v) is 6.42. The van der Waals surface area contributed by atoms with Crippen molar-refractivity contribution in [1.82, 2.24) is 4.90 Å². The van der Waals surface area contributed by atoms with Crippen LogP contribution in [0.25, 0.3) is 0 Å². The Hall–Kier alpha value is -2.51. The lowest BCUT2D eigenvalue weighted by Gasteiger charge is -2.15. The minimum Gasteiger partial charge on any atom is -0.270 e. The van der Waals surface area contributed by atoms with Gasteiger partial charge in [0.05, 0.1) is 22.6 Å². The van der Waals surface area contributed by atoms with Gasteiger partial charge in [0.1, 0.15) is 0 Å². The van der Waals surface area contributed by atoms with E-state index in [1.807, 2.05) is 0 Å². The molecule has 0 aliphatic carbocycles. The van der Waals surface area contributed by atoms with Crippen LogP contribution >= 0.6 is 0 Å². The number of nitrogens with zero attached hydrogens (tertiary/aromatic N) is 1. The van der Waals surface area contributed by atoms with Crippen molar-refractivity contribution in [3.8, 4) is 0 Å². The van der Waals surface area contributed by atoms with E-state index in [0.717, 1.165) is 4.90 Å². The summed E-state index contributed by atoms with van der Waals surface area (Å²) in [5, 5.41) is 5.17. The molecule has 0 aromatic heterocycles. The van der Waals surface area contributed by atoms with Crippen molar-refractivity contribution < 1.29 is 18.0 Å². The van der Waals surface area contributed by atoms with E-state index in [4.69, 9.17) is 5.14 Å². The fraction of sp³-hybridized carbons (Fsp3) is 0.0667. The number of sulfonamides is 1. The van der Waals surface area contributed by atoms with Crippen LogP contribution in [0.5, 0.6) is 0 Å². The molecule has 0 saturated heterocycles. The fourth-order valence-corrected chi connectivity index (χ4v) is 3.23. The lowest BCUT2D eigenvalue weighted by molar-refractivity contribution is 0.0641. The average molecular weight is 316 g/mol. The van der Waals surface area contributed by atoms with E-state index in [1.165, 1.54) is 18.2 Å². The smallest absolute Gasteiger partial charge is 0.261 e. The SMILES string of the molecule is NS(=O)(=O)c1ccccc1CN1C(=O)c2ccccc2C1=O. The van der Waals surface area contributed by atoms with E-state index >= 15 is 0 Å². The molecule has 22 heavy (non-hydrogen) atoms. The molecule has 112 valence electrons. The summed E-state index contributed by atoms with van der Waals surface area (Å²) in [5.41, 5.74) is 0.945. The minimum absolute atomic E-state index is 0.0912. The normalized spacial score (nSPS) is 14.3. The average Bonchev–Trinajstić information content (AvgIpc) is 2.72. The molecule has 1 heterocycles. The van der Waals surface area contributed by atoms with Gasteiger partial charge in [0, 0.05) is 0 Å². The van der Waals surface area contributed by atoms with Crippen molar-refractivity contribution in [2.24, 2.45) is 5.14 Å². The van der Waals surface area contributed by atoms with Crippen molar-refractivity contribution in [3.63, 3.8) is 0 Å². The van der Waals surface area contributed by atoms with E-state index in [-0.39, 0.29) is 11.4 Å². The van der Waals surface area contributed by atoms with Crippen LogP contribution in [0.15, 0.2) is 53.4 Å². The molecular formula is C15H12N2O4S. The molecule has 1 aliphatic rings. The molecule has 2 N–H and O–H groups in total. The van der Waals surface area contributed by atoms with Gasteiger partial charge in [0.25, 0.3) is 11.8 Å². The van der Waals surface area contributed by atoms with Crippen LogP contribution in [0, 0.1) is 0 Å². The van der Waals surface area contributed by atoms with Gasteiger partial charge < -0.3 is 0 Å². The van der Waals surface area contributed by atoms with Gasteiger partial charge in [-0.25, -0.2) is 13.6 Å². The quantitative estimate of drug-likeness (QED) is 0.858. The van der Waals surface area contributed by atoms with Gasteiger partial charge in [0.15, 0.2) is 0 Å². The highest BCUT2D eigenvalue weighted by Gasteiger charge is 2.35. The van der Waals surface area contributed by atoms with E-state index in [0.29, 0.717) is 16.7 Å². The molecule has 2 amide bonds. The molecule has 2 aromatic rings. The summed E-state index contributed by atoms with van der Waals surface area (Å²) >= 11 is 0. The molecule has 0 atom stereocenters. The van der Waals surface area contributed by atoms with Gasteiger partial charge in [-0.05, 0) is 23.8 Å². The number of hydrogen-bond acceptors (Lipinski definition) is 4. The lowest BCUT2D eigenvalue weighted by Crippen LogP contribution is -2.30. The standard InChI is InChI=1S/C15H12N2O4S/c16-22(20,21)13-8-4-1-5-10(13)9-17-14(18)11-6-2-3-7-12(11)15(17)19/h1-8H,9H2,(H2,16,20,21). The highest BCUT2D eigenvalue weighted by molar-refractivity contribution is 7.89. The summed E-state index contributed by atoms with van der Waals surface area (Å²) in [5.74, 6) is -0.880. The molecule has 7 heteroatoms. The number of amides is 2. The van der Waals surface area contributed by atoms with Gasteiger partial charge in [-0.3, -0.25) is 14.5 Å². The number of nitrogens with two attached hydrogens (primary N) is 1. The van der Waals surface area contributed by atoms with Gasteiger partial charge in [-0.1, -0.05) is 30.3 Å². The Morgan fingerprint density at radius 1 is 0.864 bits per heavy atom. The van der Waals surface area contributed by atoms with E-state index in [2.05, 4.69) is 0 Å². The second kappa shape index (κ2) is 5.04. The molecule has 0 fully saturated rings. The van der Waals surface area contributed by atoms with Crippen LogP contribution in [0.1, 0.15) is 26.3 Å². The van der Waals surface area contributed by atoms with E-state index < -0.39 is 21.8 Å². The predicted molar refractivity (Wildman–Crippen MR) is 78.5 cm³/mol. The maximum Gasteiger partial charge on any atom is 0.261 e. The summed E-state index contributed by atoms with van der Waals surface area (Å²) in [7, 11) is -3.93. The first kappa shape index (κ1) is 14.4. The molecule has 0 spiro atoms. The third-order valence-corrected chi connectivity index (χ3v) is 4.50. The molecule has 3 rings (SSSR count). The number of primary sulfonamides is 1. The maximum absolute atomic E-state index is 12.3. The van der Waals surface area contributed by atoms with Crippen molar-refractivity contribution in [3.05, 3.63) is 65.2 Å². The first-order chi connectivity index (χ1) is 10.4. The zero-order valence-corrected chi connectivity index (χ0v) is 12.2. The summed E-state index contributed by atoms with van der Waals surface area (Å²) in [6, 6.07) is 12.5. The number of imide groups is 1. The number of rotatable bonds is 3. The van der Waals surface area contributed by atoms with Gasteiger partial charge >= 0.3 is 0 Å². The Bertz CT molecular complexity index is 855. The first-order valence-corrected chi connectivity index (χ1v) is 8.00. The van der Waals surface area contributed by atoms with Crippen LogP contribution in [0.4, 0.5) is 0 Å². The molecule has 0 radical (unpaired) electrons. The van der Waals surface area contributed by atoms with Gasteiger partial charge in [0.2, 0.25) is 10.0 Å². The van der Waals surface area contributed by atoms with Crippen LogP contribution in [0.3, 0.4) is 0 Å². The molecule has 6 nitrogen and oxygen atoms in total. The topological polar surface area (TPSA) is 97.5 Å². The number of carbonyl (C=O) groups is 2. The predicted octanol–water partition coefficient (Wildman–Crippen LogP) is 1.13. The number of fused-ring (bicyclic) bond motifs is 1. The highest BCUT2D eigenvalue weighted by atomic mass is 32.2. The van der Waals surface area contributed by atoms with Gasteiger partial charge in [-0.15, -0.1) is 0 Å². The summed E-state index contributed by atoms with van der Waals surface area (Å²) < 4.78 is 23.2. The lowest BCUT2D eigenvalue weighted by atomic mass is 10.1. The molecule has 2 aromatic carbocycles. The summed E-state index contributed by atoms with van der Waals surface area (Å²) in [4.78, 5) is 25.5. The second-order valence-electron chi connectivity index (χ2n) is 4.89. The maximum atomic E-state index is 12.3. The van der Waals surface area contributed by atoms with Crippen molar-refractivity contribution in [2.45, 2.75) is 11.4 Å². The third-order valence-electron chi connectivity index (χ3n) is 3.49. The Morgan fingerprint density at radius 3 is 1.91 bits per heavy atom. The van der Waals surface area contributed by atoms with Gasteiger partial charge in [-0.2, -0.15) is 0 Å². The Balaban J connectivity index is 2.00. The molecule has 0 bridgehead atoms. The highest BCUT2D eigenvalue weighted by Crippen LogP contribution is 2.25. The van der Waals surface area contributed by atoms with Crippen molar-refractivity contribution >= 4 is 21.8 Å². The molecular weight excluding hydrogens is 304 g/mol. The van der Waals surface area contributed by atoms with Crippen LogP contribution < -0.4 is 5.14 Å². The molecule has 1 aliphatic heterocycles. The zero-order chi connectivity index (χ0) is 15.9. The van der Waals surface area contributed by atoms with Crippen LogP contribution in [0.2, 0.25) is 0 Å². The molecule has 0 unspecified atom stereocenters. The van der Waals surface area contributed by atoms with Crippen molar-refractivity contribution in [2.75, 3.05) is 0 Å².